The lowest BCUT2D eigenvalue weighted by Crippen LogP contribution is -2.21. The molecule has 0 aliphatic carbocycles. The summed E-state index contributed by atoms with van der Waals surface area (Å²) < 4.78 is 12.4. The van der Waals surface area contributed by atoms with Crippen molar-refractivity contribution in [3.05, 3.63) is 88.7 Å². The molecule has 4 rings (SSSR count). The van der Waals surface area contributed by atoms with Crippen molar-refractivity contribution in [3.8, 4) is 17.2 Å². The van der Waals surface area contributed by atoms with E-state index in [1.54, 1.807) is 18.8 Å². The van der Waals surface area contributed by atoms with Gasteiger partial charge in [0.15, 0.2) is 16.7 Å². The smallest absolute Gasteiger partial charge is 0.266 e. The molecule has 146 valence electrons. The number of aromatic nitrogens is 2. The van der Waals surface area contributed by atoms with Gasteiger partial charge in [-0.05, 0) is 42.0 Å². The molecule has 4 aromatic rings. The summed E-state index contributed by atoms with van der Waals surface area (Å²) >= 11 is 1.51. The van der Waals surface area contributed by atoms with Crippen LogP contribution < -0.4 is 15.0 Å². The maximum absolute atomic E-state index is 13.2. The molecule has 0 radical (unpaired) electrons. The summed E-state index contributed by atoms with van der Waals surface area (Å²) in [5.74, 6) is 2.00. The first-order valence-electron chi connectivity index (χ1n) is 9.12. The predicted octanol–water partition coefficient (Wildman–Crippen LogP) is 4.70. The van der Waals surface area contributed by atoms with Gasteiger partial charge < -0.3 is 9.47 Å². The molecular weight excluding hydrogens is 384 g/mol. The number of fused-ring (bicyclic) bond motifs is 1. The third-order valence-electron chi connectivity index (χ3n) is 4.58. The van der Waals surface area contributed by atoms with Crippen molar-refractivity contribution < 1.29 is 9.47 Å². The van der Waals surface area contributed by atoms with E-state index in [-0.39, 0.29) is 5.56 Å². The van der Waals surface area contributed by atoms with Crippen LogP contribution in [0.15, 0.2) is 82.7 Å². The molecule has 0 amide bonds. The minimum atomic E-state index is -0.0726. The van der Waals surface area contributed by atoms with Crippen molar-refractivity contribution in [3.63, 3.8) is 0 Å². The van der Waals surface area contributed by atoms with E-state index in [0.29, 0.717) is 33.3 Å². The Morgan fingerprint density at radius 2 is 1.62 bits per heavy atom. The summed E-state index contributed by atoms with van der Waals surface area (Å²) in [5, 5.41) is 1.25. The summed E-state index contributed by atoms with van der Waals surface area (Å²) in [7, 11) is 3.23. The number of ether oxygens (including phenoxy) is 2. The molecule has 0 fully saturated rings. The molecule has 0 saturated heterocycles. The second kappa shape index (κ2) is 8.41. The van der Waals surface area contributed by atoms with Gasteiger partial charge in [0, 0.05) is 5.75 Å². The second-order valence-electron chi connectivity index (χ2n) is 6.37. The number of rotatable bonds is 6. The van der Waals surface area contributed by atoms with E-state index in [4.69, 9.17) is 14.5 Å². The highest BCUT2D eigenvalue weighted by molar-refractivity contribution is 7.98. The topological polar surface area (TPSA) is 53.3 Å². The Bertz CT molecular complexity index is 1210. The van der Waals surface area contributed by atoms with Crippen molar-refractivity contribution in [1.29, 1.82) is 0 Å². The summed E-state index contributed by atoms with van der Waals surface area (Å²) in [5.41, 5.74) is 2.47. The number of nitrogens with zero attached hydrogens (tertiary/aromatic N) is 2. The maximum atomic E-state index is 13.2. The highest BCUT2D eigenvalue weighted by Gasteiger charge is 2.14. The lowest BCUT2D eigenvalue weighted by molar-refractivity contribution is 0.354. The summed E-state index contributed by atoms with van der Waals surface area (Å²) in [6.45, 7) is 0. The van der Waals surface area contributed by atoms with Crippen molar-refractivity contribution >= 4 is 22.7 Å². The van der Waals surface area contributed by atoms with Crippen LogP contribution in [-0.4, -0.2) is 23.8 Å². The van der Waals surface area contributed by atoms with E-state index >= 15 is 0 Å². The van der Waals surface area contributed by atoms with Crippen LogP contribution in [0.5, 0.6) is 11.5 Å². The highest BCUT2D eigenvalue weighted by atomic mass is 32.2. The third-order valence-corrected chi connectivity index (χ3v) is 5.58. The van der Waals surface area contributed by atoms with Gasteiger partial charge in [-0.25, -0.2) is 4.98 Å². The van der Waals surface area contributed by atoms with Crippen LogP contribution in [0, 0.1) is 0 Å². The zero-order valence-corrected chi connectivity index (χ0v) is 17.0. The summed E-state index contributed by atoms with van der Waals surface area (Å²) in [6, 6.07) is 22.8. The van der Waals surface area contributed by atoms with Gasteiger partial charge in [-0.3, -0.25) is 9.36 Å². The Hall–Kier alpha value is -3.25. The van der Waals surface area contributed by atoms with Crippen LogP contribution in [0.4, 0.5) is 0 Å². The van der Waals surface area contributed by atoms with Gasteiger partial charge in [0.25, 0.3) is 5.56 Å². The molecule has 6 heteroatoms. The fourth-order valence-corrected chi connectivity index (χ4v) is 4.09. The average Bonchev–Trinajstić information content (AvgIpc) is 2.78. The summed E-state index contributed by atoms with van der Waals surface area (Å²) in [4.78, 5) is 18.0. The molecule has 0 aliphatic heterocycles. The van der Waals surface area contributed by atoms with Crippen molar-refractivity contribution in [2.45, 2.75) is 10.9 Å². The largest absolute Gasteiger partial charge is 0.493 e. The van der Waals surface area contributed by atoms with Gasteiger partial charge in [0.2, 0.25) is 0 Å². The molecule has 0 aliphatic rings. The Balaban J connectivity index is 1.76. The highest BCUT2D eigenvalue weighted by Crippen LogP contribution is 2.31. The Labute approximate surface area is 172 Å². The van der Waals surface area contributed by atoms with Crippen LogP contribution in [0.1, 0.15) is 5.56 Å². The summed E-state index contributed by atoms with van der Waals surface area (Å²) in [6.07, 6.45) is 0. The fraction of sp³-hybridized carbons (Fsp3) is 0.130. The Morgan fingerprint density at radius 3 is 2.38 bits per heavy atom. The number of thioether (sulfide) groups is 1. The standard InChI is InChI=1S/C23H20N2O3S/c1-27-20-13-12-16(14-21(20)28-2)15-29-23-24-19-11-7-6-10-18(19)22(26)25(23)17-8-4-3-5-9-17/h3-14H,15H2,1-2H3. The van der Waals surface area contributed by atoms with Crippen LogP contribution in [-0.2, 0) is 5.75 Å². The number of hydrogen-bond donors (Lipinski definition) is 0. The number of benzene rings is 3. The average molecular weight is 404 g/mol. The monoisotopic (exact) mass is 404 g/mol. The lowest BCUT2D eigenvalue weighted by Gasteiger charge is -2.14. The molecule has 5 nitrogen and oxygen atoms in total. The van der Waals surface area contributed by atoms with Crippen LogP contribution in [0.25, 0.3) is 16.6 Å². The van der Waals surface area contributed by atoms with E-state index in [1.165, 1.54) is 11.8 Å². The van der Waals surface area contributed by atoms with E-state index in [0.717, 1.165) is 11.3 Å². The van der Waals surface area contributed by atoms with Gasteiger partial charge in [-0.2, -0.15) is 0 Å². The molecule has 1 aromatic heterocycles. The van der Waals surface area contributed by atoms with E-state index in [1.807, 2.05) is 72.8 Å². The van der Waals surface area contributed by atoms with Crippen molar-refractivity contribution in [2.75, 3.05) is 14.2 Å². The number of para-hydroxylation sites is 2. The van der Waals surface area contributed by atoms with Crippen LogP contribution in [0.2, 0.25) is 0 Å². The molecule has 29 heavy (non-hydrogen) atoms. The van der Waals surface area contributed by atoms with Crippen molar-refractivity contribution in [2.24, 2.45) is 0 Å². The van der Waals surface area contributed by atoms with Gasteiger partial charge in [0.1, 0.15) is 0 Å². The quantitative estimate of drug-likeness (QED) is 0.345. The minimum absolute atomic E-state index is 0.0726. The zero-order valence-electron chi connectivity index (χ0n) is 16.2. The first kappa shape index (κ1) is 19.1. The molecule has 0 spiro atoms. The zero-order chi connectivity index (χ0) is 20.2. The molecule has 0 unspecified atom stereocenters. The first-order valence-corrected chi connectivity index (χ1v) is 10.1. The van der Waals surface area contributed by atoms with Crippen molar-refractivity contribution in [1.82, 2.24) is 9.55 Å². The fourth-order valence-electron chi connectivity index (χ4n) is 3.13. The molecular formula is C23H20N2O3S. The minimum Gasteiger partial charge on any atom is -0.493 e. The van der Waals surface area contributed by atoms with E-state index < -0.39 is 0 Å². The van der Waals surface area contributed by atoms with Crippen LogP contribution >= 0.6 is 11.8 Å². The molecule has 0 bridgehead atoms. The SMILES string of the molecule is COc1ccc(CSc2nc3ccccc3c(=O)n2-c2ccccc2)cc1OC. The normalized spacial score (nSPS) is 10.8. The Kier molecular flexibility index (Phi) is 5.53. The lowest BCUT2D eigenvalue weighted by atomic mass is 10.2. The second-order valence-corrected chi connectivity index (χ2v) is 7.31. The van der Waals surface area contributed by atoms with E-state index in [9.17, 15) is 4.79 Å². The van der Waals surface area contributed by atoms with Gasteiger partial charge in [-0.15, -0.1) is 0 Å². The third kappa shape index (κ3) is 3.84. The molecule has 1 heterocycles. The van der Waals surface area contributed by atoms with Gasteiger partial charge in [0.05, 0.1) is 30.8 Å². The van der Waals surface area contributed by atoms with Crippen LogP contribution in [0.3, 0.4) is 0 Å². The first-order chi connectivity index (χ1) is 14.2. The molecule has 0 N–H and O–H groups in total. The molecule has 3 aromatic carbocycles. The molecule has 0 saturated carbocycles. The molecule has 0 atom stereocenters. The van der Waals surface area contributed by atoms with E-state index in [2.05, 4.69) is 0 Å². The van der Waals surface area contributed by atoms with Gasteiger partial charge >= 0.3 is 0 Å². The Morgan fingerprint density at radius 1 is 0.897 bits per heavy atom. The predicted molar refractivity (Wildman–Crippen MR) is 116 cm³/mol. The number of methoxy groups -OCH3 is 2. The maximum Gasteiger partial charge on any atom is 0.266 e. The van der Waals surface area contributed by atoms with Gasteiger partial charge in [-0.1, -0.05) is 48.2 Å². The number of hydrogen-bond acceptors (Lipinski definition) is 5.